The predicted molar refractivity (Wildman–Crippen MR) is 92.0 cm³/mol. The highest BCUT2D eigenvalue weighted by atomic mass is 32.2. The van der Waals surface area contributed by atoms with Crippen LogP contribution >= 0.6 is 0 Å². The number of benzene rings is 1. The van der Waals surface area contributed by atoms with Gasteiger partial charge in [0, 0.05) is 39.3 Å². The molecule has 138 valence electrons. The second kappa shape index (κ2) is 7.39. The van der Waals surface area contributed by atoms with Crippen LogP contribution in [-0.2, 0) is 14.8 Å². The normalized spacial score (nSPS) is 21.4. The molecule has 8 heteroatoms. The number of hydrogen-bond acceptors (Lipinski definition) is 4. The number of piperazine rings is 1. The number of sulfonamides is 1. The molecule has 1 amide bonds. The number of halogens is 1. The van der Waals surface area contributed by atoms with Gasteiger partial charge >= 0.3 is 0 Å². The molecule has 2 fully saturated rings. The van der Waals surface area contributed by atoms with Gasteiger partial charge in [0.15, 0.2) is 0 Å². The zero-order chi connectivity index (χ0) is 18.0. The van der Waals surface area contributed by atoms with Crippen molar-refractivity contribution in [1.29, 1.82) is 0 Å². The van der Waals surface area contributed by atoms with Crippen molar-refractivity contribution in [2.45, 2.75) is 30.7 Å². The molecule has 0 radical (unpaired) electrons. The second-order valence-electron chi connectivity index (χ2n) is 6.58. The zero-order valence-corrected chi connectivity index (χ0v) is 15.2. The molecule has 0 saturated carbocycles. The zero-order valence-electron chi connectivity index (χ0n) is 14.4. The molecular formula is C17H24FN3O3S. The molecule has 0 aliphatic carbocycles. The van der Waals surface area contributed by atoms with Gasteiger partial charge in [-0.05, 0) is 31.9 Å². The minimum atomic E-state index is -3.84. The van der Waals surface area contributed by atoms with E-state index in [0.717, 1.165) is 32.0 Å². The number of carbonyl (C=O) groups is 1. The van der Waals surface area contributed by atoms with Crippen LogP contribution < -0.4 is 0 Å². The van der Waals surface area contributed by atoms with Crippen molar-refractivity contribution >= 4 is 15.9 Å². The van der Waals surface area contributed by atoms with E-state index in [4.69, 9.17) is 0 Å². The average Bonchev–Trinajstić information content (AvgIpc) is 3.15. The maximum absolute atomic E-state index is 13.9. The first-order valence-corrected chi connectivity index (χ1v) is 10.1. The van der Waals surface area contributed by atoms with Crippen LogP contribution in [-0.4, -0.2) is 73.7 Å². The molecule has 6 nitrogen and oxygen atoms in total. The van der Waals surface area contributed by atoms with Crippen LogP contribution in [0, 0.1) is 5.82 Å². The molecule has 0 unspecified atom stereocenters. The number of likely N-dealkylation sites (tertiary alicyclic amines) is 1. The summed E-state index contributed by atoms with van der Waals surface area (Å²) in [4.78, 5) is 16.1. The van der Waals surface area contributed by atoms with Crippen LogP contribution in [0.15, 0.2) is 29.2 Å². The van der Waals surface area contributed by atoms with Gasteiger partial charge in [0.25, 0.3) is 0 Å². The summed E-state index contributed by atoms with van der Waals surface area (Å²) in [6.07, 6.45) is 2.10. The summed E-state index contributed by atoms with van der Waals surface area (Å²) in [6.45, 7) is 4.95. The smallest absolute Gasteiger partial charge is 0.246 e. The third-order valence-electron chi connectivity index (χ3n) is 5.05. The van der Waals surface area contributed by atoms with Gasteiger partial charge in [0.05, 0.1) is 6.04 Å². The molecule has 3 rings (SSSR count). The number of nitrogens with zero attached hydrogens (tertiary/aromatic N) is 3. The molecule has 25 heavy (non-hydrogen) atoms. The number of hydrogen-bond donors (Lipinski definition) is 0. The van der Waals surface area contributed by atoms with Gasteiger partial charge in [-0.25, -0.2) is 12.8 Å². The molecule has 2 aliphatic rings. The first-order valence-electron chi connectivity index (χ1n) is 8.69. The van der Waals surface area contributed by atoms with E-state index < -0.39 is 15.8 Å². The SMILES string of the molecule is C[C@H](C(=O)N1CCCC1)N1CCN(S(=O)(=O)c2ccccc2F)CC1. The maximum Gasteiger partial charge on any atom is 0.246 e. The molecule has 1 aromatic carbocycles. The third-order valence-corrected chi connectivity index (χ3v) is 6.98. The Morgan fingerprint density at radius 1 is 1.04 bits per heavy atom. The lowest BCUT2D eigenvalue weighted by Crippen LogP contribution is -2.55. The summed E-state index contributed by atoms with van der Waals surface area (Å²) in [5.74, 6) is -0.620. The van der Waals surface area contributed by atoms with E-state index in [9.17, 15) is 17.6 Å². The van der Waals surface area contributed by atoms with E-state index in [0.29, 0.717) is 13.1 Å². The van der Waals surface area contributed by atoms with Crippen molar-refractivity contribution in [2.75, 3.05) is 39.3 Å². The van der Waals surface area contributed by atoms with Gasteiger partial charge in [0.1, 0.15) is 10.7 Å². The van der Waals surface area contributed by atoms with Crippen LogP contribution in [0.2, 0.25) is 0 Å². The summed E-state index contributed by atoms with van der Waals surface area (Å²) >= 11 is 0. The standard InChI is InChI=1S/C17H24FN3O3S/c1-14(17(22)20-8-4-5-9-20)19-10-12-21(13-11-19)25(23,24)16-7-3-2-6-15(16)18/h2-3,6-7,14H,4-5,8-13H2,1H3/t14-/m1/s1. The average molecular weight is 369 g/mol. The minimum Gasteiger partial charge on any atom is -0.341 e. The summed E-state index contributed by atoms with van der Waals surface area (Å²) in [6, 6.07) is 5.17. The van der Waals surface area contributed by atoms with Crippen LogP contribution in [0.3, 0.4) is 0 Å². The van der Waals surface area contributed by atoms with Gasteiger partial charge in [-0.15, -0.1) is 0 Å². The number of carbonyl (C=O) groups excluding carboxylic acids is 1. The third kappa shape index (κ3) is 3.70. The van der Waals surface area contributed by atoms with Crippen LogP contribution in [0.4, 0.5) is 4.39 Å². The van der Waals surface area contributed by atoms with Crippen molar-refractivity contribution in [1.82, 2.24) is 14.1 Å². The summed E-state index contributed by atoms with van der Waals surface area (Å²) in [5.41, 5.74) is 0. The van der Waals surface area contributed by atoms with E-state index in [1.54, 1.807) is 0 Å². The second-order valence-corrected chi connectivity index (χ2v) is 8.49. The molecule has 1 aromatic rings. The molecule has 0 bridgehead atoms. The largest absolute Gasteiger partial charge is 0.341 e. The first kappa shape index (κ1) is 18.3. The molecule has 2 saturated heterocycles. The monoisotopic (exact) mass is 369 g/mol. The quantitative estimate of drug-likeness (QED) is 0.799. The van der Waals surface area contributed by atoms with Crippen LogP contribution in [0.5, 0.6) is 0 Å². The minimum absolute atomic E-state index is 0.114. The molecule has 0 aromatic heterocycles. The predicted octanol–water partition coefficient (Wildman–Crippen LogP) is 1.14. The molecule has 0 spiro atoms. The first-order chi connectivity index (χ1) is 11.9. The summed E-state index contributed by atoms with van der Waals surface area (Å²) in [7, 11) is -3.84. The van der Waals surface area contributed by atoms with Crippen molar-refractivity contribution in [3.8, 4) is 0 Å². The highest BCUT2D eigenvalue weighted by Crippen LogP contribution is 2.21. The van der Waals surface area contributed by atoms with Gasteiger partial charge < -0.3 is 4.90 Å². The van der Waals surface area contributed by atoms with Crippen LogP contribution in [0.1, 0.15) is 19.8 Å². The van der Waals surface area contributed by atoms with E-state index >= 15 is 0 Å². The lowest BCUT2D eigenvalue weighted by molar-refractivity contribution is -0.135. The Labute approximate surface area is 148 Å². The molecule has 2 heterocycles. The number of rotatable bonds is 4. The van der Waals surface area contributed by atoms with Gasteiger partial charge in [-0.1, -0.05) is 12.1 Å². The Hall–Kier alpha value is -1.51. The van der Waals surface area contributed by atoms with E-state index in [1.807, 2.05) is 16.7 Å². The van der Waals surface area contributed by atoms with E-state index in [2.05, 4.69) is 0 Å². The van der Waals surface area contributed by atoms with Crippen LogP contribution in [0.25, 0.3) is 0 Å². The molecule has 1 atom stereocenters. The fourth-order valence-corrected chi connectivity index (χ4v) is 4.97. The number of amides is 1. The topological polar surface area (TPSA) is 60.9 Å². The lowest BCUT2D eigenvalue weighted by Gasteiger charge is -2.37. The maximum atomic E-state index is 13.9. The Balaban J connectivity index is 1.63. The van der Waals surface area contributed by atoms with Crippen molar-refractivity contribution in [2.24, 2.45) is 0 Å². The Morgan fingerprint density at radius 3 is 2.24 bits per heavy atom. The van der Waals surface area contributed by atoms with E-state index in [1.165, 1.54) is 22.5 Å². The highest BCUT2D eigenvalue weighted by Gasteiger charge is 2.34. The molecule has 2 aliphatic heterocycles. The van der Waals surface area contributed by atoms with Crippen molar-refractivity contribution in [3.05, 3.63) is 30.1 Å². The summed E-state index contributed by atoms with van der Waals surface area (Å²) in [5, 5.41) is 0. The van der Waals surface area contributed by atoms with Crippen molar-refractivity contribution in [3.63, 3.8) is 0 Å². The van der Waals surface area contributed by atoms with E-state index in [-0.39, 0.29) is 29.9 Å². The highest BCUT2D eigenvalue weighted by molar-refractivity contribution is 7.89. The lowest BCUT2D eigenvalue weighted by atomic mass is 10.2. The molecule has 0 N–H and O–H groups in total. The van der Waals surface area contributed by atoms with Gasteiger partial charge in [-0.3, -0.25) is 9.69 Å². The summed E-state index contributed by atoms with van der Waals surface area (Å²) < 4.78 is 40.4. The fraction of sp³-hybridized carbons (Fsp3) is 0.588. The fourth-order valence-electron chi connectivity index (χ4n) is 3.48. The Morgan fingerprint density at radius 2 is 1.64 bits per heavy atom. The van der Waals surface area contributed by atoms with Gasteiger partial charge in [0.2, 0.25) is 15.9 Å². The van der Waals surface area contributed by atoms with Gasteiger partial charge in [-0.2, -0.15) is 4.31 Å². The Bertz CT molecular complexity index is 726. The molecular weight excluding hydrogens is 345 g/mol. The Kier molecular flexibility index (Phi) is 5.41. The van der Waals surface area contributed by atoms with Crippen molar-refractivity contribution < 1.29 is 17.6 Å².